The molecule has 0 aliphatic carbocycles. The monoisotopic (exact) mass is 398 g/mol. The Labute approximate surface area is 174 Å². The third-order valence-electron chi connectivity index (χ3n) is 7.91. The summed E-state index contributed by atoms with van der Waals surface area (Å²) in [5.41, 5.74) is 1.16. The molecule has 1 aromatic carbocycles. The van der Waals surface area contributed by atoms with E-state index in [0.717, 1.165) is 64.0 Å². The van der Waals surface area contributed by atoms with Gasteiger partial charge in [-0.3, -0.25) is 9.69 Å². The Balaban J connectivity index is 1.30. The van der Waals surface area contributed by atoms with E-state index in [1.54, 1.807) is 6.92 Å². The van der Waals surface area contributed by atoms with E-state index in [4.69, 9.17) is 9.47 Å². The van der Waals surface area contributed by atoms with Crippen LogP contribution >= 0.6 is 0 Å². The van der Waals surface area contributed by atoms with Crippen LogP contribution in [0.5, 0.6) is 5.75 Å². The molecule has 0 aromatic heterocycles. The second kappa shape index (κ2) is 7.59. The lowest BCUT2D eigenvalue weighted by Crippen LogP contribution is -2.59. The van der Waals surface area contributed by atoms with Crippen molar-refractivity contribution in [3.63, 3.8) is 0 Å². The molecular formula is C24H34N2O3. The van der Waals surface area contributed by atoms with Crippen LogP contribution in [0.4, 0.5) is 0 Å². The van der Waals surface area contributed by atoms with Crippen molar-refractivity contribution < 1.29 is 14.3 Å². The van der Waals surface area contributed by atoms with Gasteiger partial charge in [0.25, 0.3) is 0 Å². The van der Waals surface area contributed by atoms with E-state index >= 15 is 0 Å². The van der Waals surface area contributed by atoms with Crippen LogP contribution in [-0.4, -0.2) is 59.6 Å². The van der Waals surface area contributed by atoms with Gasteiger partial charge in [0.05, 0.1) is 12.2 Å². The smallest absolute Gasteiger partial charge is 0.219 e. The average molecular weight is 399 g/mol. The summed E-state index contributed by atoms with van der Waals surface area (Å²) in [6, 6.07) is 9.11. The molecule has 1 aromatic rings. The number of para-hydroxylation sites is 1. The highest BCUT2D eigenvalue weighted by Crippen LogP contribution is 2.53. The van der Waals surface area contributed by atoms with Crippen molar-refractivity contribution in [3.8, 4) is 5.75 Å². The summed E-state index contributed by atoms with van der Waals surface area (Å²) in [5, 5.41) is 0. The molecule has 4 heterocycles. The van der Waals surface area contributed by atoms with E-state index < -0.39 is 0 Å². The fourth-order valence-corrected chi connectivity index (χ4v) is 6.20. The summed E-state index contributed by atoms with van der Waals surface area (Å²) < 4.78 is 13.3. The van der Waals surface area contributed by atoms with Gasteiger partial charge in [-0.25, -0.2) is 0 Å². The number of amides is 1. The second-order valence-corrected chi connectivity index (χ2v) is 9.53. The number of piperidine rings is 2. The Morgan fingerprint density at radius 2 is 1.76 bits per heavy atom. The number of nitrogens with zero attached hydrogens (tertiary/aromatic N) is 2. The molecular weight excluding hydrogens is 364 g/mol. The first-order valence-electron chi connectivity index (χ1n) is 11.5. The number of hydrogen-bond acceptors (Lipinski definition) is 4. The van der Waals surface area contributed by atoms with Crippen LogP contribution in [0.2, 0.25) is 0 Å². The van der Waals surface area contributed by atoms with E-state index in [1.165, 1.54) is 12.0 Å². The Hall–Kier alpha value is -1.59. The first-order chi connectivity index (χ1) is 14.1. The molecule has 3 saturated heterocycles. The number of hydrogen-bond donors (Lipinski definition) is 0. The molecule has 5 rings (SSSR count). The van der Waals surface area contributed by atoms with Crippen molar-refractivity contribution in [3.05, 3.63) is 29.8 Å². The normalized spacial score (nSPS) is 32.3. The molecule has 5 heteroatoms. The lowest BCUT2D eigenvalue weighted by atomic mass is 9.69. The summed E-state index contributed by atoms with van der Waals surface area (Å²) in [6.45, 7) is 7.88. The summed E-state index contributed by atoms with van der Waals surface area (Å²) in [4.78, 5) is 16.3. The minimum Gasteiger partial charge on any atom is -0.486 e. The molecule has 4 aliphatic heterocycles. The largest absolute Gasteiger partial charge is 0.486 e. The van der Waals surface area contributed by atoms with Crippen LogP contribution in [0.15, 0.2) is 24.3 Å². The molecule has 4 aliphatic rings. The van der Waals surface area contributed by atoms with Crippen LogP contribution in [0, 0.1) is 5.92 Å². The molecule has 1 amide bonds. The van der Waals surface area contributed by atoms with Crippen molar-refractivity contribution in [1.82, 2.24) is 9.80 Å². The van der Waals surface area contributed by atoms with E-state index in [1.807, 2.05) is 4.90 Å². The van der Waals surface area contributed by atoms with Crippen molar-refractivity contribution in [2.45, 2.75) is 76.2 Å². The highest BCUT2D eigenvalue weighted by Gasteiger charge is 2.53. The highest BCUT2D eigenvalue weighted by molar-refractivity contribution is 5.73. The van der Waals surface area contributed by atoms with Crippen molar-refractivity contribution >= 4 is 5.91 Å². The van der Waals surface area contributed by atoms with Gasteiger partial charge in [-0.05, 0) is 38.7 Å². The molecule has 0 unspecified atom stereocenters. The minimum atomic E-state index is -0.0876. The Kier molecular flexibility index (Phi) is 5.07. The summed E-state index contributed by atoms with van der Waals surface area (Å²) in [5.74, 6) is 1.70. The SMILES string of the molecule is CC(=O)N1CCC(N2CCC3(CC2)Oc2ccccc2[C@@H]2O[C@@H](C)CC[C@H]23)CC1. The van der Waals surface area contributed by atoms with Gasteiger partial charge < -0.3 is 14.4 Å². The predicted molar refractivity (Wildman–Crippen MR) is 112 cm³/mol. The van der Waals surface area contributed by atoms with Crippen molar-refractivity contribution in [1.29, 1.82) is 0 Å². The standard InChI is InChI=1S/C24H34N2O3/c1-17-7-8-21-23(28-17)20-5-3-4-6-22(20)29-24(21)11-15-26(16-12-24)19-9-13-25(14-10-19)18(2)27/h3-6,17,19,21,23H,7-16H2,1-2H3/t17-,21+,23-/m0/s1. The quantitative estimate of drug-likeness (QED) is 0.722. The molecule has 5 nitrogen and oxygen atoms in total. The molecule has 29 heavy (non-hydrogen) atoms. The summed E-state index contributed by atoms with van der Waals surface area (Å²) in [6.07, 6.45) is 7.17. The Bertz CT molecular complexity index is 750. The number of carbonyl (C=O) groups is 1. The van der Waals surface area contributed by atoms with Crippen LogP contribution in [-0.2, 0) is 9.53 Å². The third kappa shape index (κ3) is 3.46. The van der Waals surface area contributed by atoms with E-state index in [-0.39, 0.29) is 17.6 Å². The Morgan fingerprint density at radius 3 is 2.48 bits per heavy atom. The molecule has 0 radical (unpaired) electrons. The summed E-state index contributed by atoms with van der Waals surface area (Å²) in [7, 11) is 0. The van der Waals surface area contributed by atoms with Gasteiger partial charge >= 0.3 is 0 Å². The molecule has 0 N–H and O–H groups in total. The van der Waals surface area contributed by atoms with Crippen molar-refractivity contribution in [2.75, 3.05) is 26.2 Å². The van der Waals surface area contributed by atoms with Gasteiger partial charge in [0, 0.05) is 63.5 Å². The zero-order chi connectivity index (χ0) is 20.0. The molecule has 3 fully saturated rings. The number of rotatable bonds is 1. The van der Waals surface area contributed by atoms with Crippen molar-refractivity contribution in [2.24, 2.45) is 5.92 Å². The maximum Gasteiger partial charge on any atom is 0.219 e. The molecule has 0 bridgehead atoms. The number of ether oxygens (including phenoxy) is 2. The predicted octanol–water partition coefficient (Wildman–Crippen LogP) is 3.78. The van der Waals surface area contributed by atoms with Crippen LogP contribution in [0.1, 0.15) is 64.0 Å². The molecule has 158 valence electrons. The fraction of sp³-hybridized carbons (Fsp3) is 0.708. The zero-order valence-corrected chi connectivity index (χ0v) is 17.8. The van der Waals surface area contributed by atoms with E-state index in [0.29, 0.717) is 18.1 Å². The molecule has 1 spiro atoms. The van der Waals surface area contributed by atoms with Gasteiger partial charge in [0.2, 0.25) is 5.91 Å². The third-order valence-corrected chi connectivity index (χ3v) is 7.91. The Morgan fingerprint density at radius 1 is 1.03 bits per heavy atom. The second-order valence-electron chi connectivity index (χ2n) is 9.53. The topological polar surface area (TPSA) is 42.0 Å². The fourth-order valence-electron chi connectivity index (χ4n) is 6.20. The van der Waals surface area contributed by atoms with Crippen LogP contribution in [0.25, 0.3) is 0 Å². The molecule has 0 saturated carbocycles. The van der Waals surface area contributed by atoms with Gasteiger partial charge in [0.1, 0.15) is 11.4 Å². The molecule has 3 atom stereocenters. The van der Waals surface area contributed by atoms with Gasteiger partial charge in [-0.1, -0.05) is 18.2 Å². The zero-order valence-electron chi connectivity index (χ0n) is 17.8. The lowest BCUT2D eigenvalue weighted by Gasteiger charge is -2.55. The maximum absolute atomic E-state index is 11.6. The lowest BCUT2D eigenvalue weighted by molar-refractivity contribution is -0.172. The number of benzene rings is 1. The number of likely N-dealkylation sites (tertiary alicyclic amines) is 2. The van der Waals surface area contributed by atoms with Gasteiger partial charge in [0.15, 0.2) is 0 Å². The van der Waals surface area contributed by atoms with Gasteiger partial charge in [-0.15, -0.1) is 0 Å². The first-order valence-corrected chi connectivity index (χ1v) is 11.5. The minimum absolute atomic E-state index is 0.0876. The average Bonchev–Trinajstić information content (AvgIpc) is 2.74. The highest BCUT2D eigenvalue weighted by atomic mass is 16.5. The van der Waals surface area contributed by atoms with E-state index in [9.17, 15) is 4.79 Å². The van der Waals surface area contributed by atoms with E-state index in [2.05, 4.69) is 36.1 Å². The first kappa shape index (κ1) is 19.4. The van der Waals surface area contributed by atoms with Crippen LogP contribution in [0.3, 0.4) is 0 Å². The number of fused-ring (bicyclic) bond motifs is 4. The maximum atomic E-state index is 11.6. The number of carbonyl (C=O) groups excluding carboxylic acids is 1. The van der Waals surface area contributed by atoms with Crippen LogP contribution < -0.4 is 4.74 Å². The van der Waals surface area contributed by atoms with Gasteiger partial charge in [-0.2, -0.15) is 0 Å². The summed E-state index contributed by atoms with van der Waals surface area (Å²) >= 11 is 0.